The fourth-order valence-corrected chi connectivity index (χ4v) is 4.07. The third-order valence-electron chi connectivity index (χ3n) is 5.69. The van der Waals surface area contributed by atoms with Crippen molar-refractivity contribution in [1.29, 1.82) is 0 Å². The molecule has 0 saturated carbocycles. The van der Waals surface area contributed by atoms with Crippen LogP contribution in [0.5, 0.6) is 0 Å². The van der Waals surface area contributed by atoms with Crippen LogP contribution in [0.1, 0.15) is 41.8 Å². The summed E-state index contributed by atoms with van der Waals surface area (Å²) >= 11 is 0. The van der Waals surface area contributed by atoms with Crippen LogP contribution in [0.15, 0.2) is 42.5 Å². The van der Waals surface area contributed by atoms with Crippen LogP contribution in [0, 0.1) is 29.8 Å². The van der Waals surface area contributed by atoms with Crippen molar-refractivity contribution < 1.29 is 9.31 Å². The number of anilines is 1. The Kier molecular flexibility index (Phi) is 5.69. The minimum Gasteiger partial charge on any atom is -0.378 e. The zero-order chi connectivity index (χ0) is 22.1. The largest absolute Gasteiger partial charge is 0.378 e. The normalized spacial score (nSPS) is 14.9. The van der Waals surface area contributed by atoms with Crippen LogP contribution in [-0.4, -0.2) is 23.0 Å². The standard InChI is InChI=1S/C24H25FN4O2/c1-14-10-19(29(30)31)13-20(24(14)25)16(3)28-23-11-15(2)27-22-5-4-18(12-21(22)23)17-6-8-26-9-7-17/h4-6,10-13,16,26H,7-9H2,1-3H3,(H,27,28)/t16-/m1/s1. The number of benzene rings is 2. The number of hydrogen-bond acceptors (Lipinski definition) is 5. The Morgan fingerprint density at radius 1 is 1.23 bits per heavy atom. The van der Waals surface area contributed by atoms with Crippen LogP contribution in [0.4, 0.5) is 15.8 Å². The summed E-state index contributed by atoms with van der Waals surface area (Å²) in [6, 6.07) is 10.2. The van der Waals surface area contributed by atoms with Crippen LogP contribution in [-0.2, 0) is 0 Å². The number of nitrogens with zero attached hydrogens (tertiary/aromatic N) is 2. The molecule has 1 aromatic heterocycles. The molecule has 2 aromatic carbocycles. The molecule has 0 unspecified atom stereocenters. The summed E-state index contributed by atoms with van der Waals surface area (Å²) in [6.07, 6.45) is 3.16. The van der Waals surface area contributed by atoms with E-state index in [0.717, 1.165) is 47.4 Å². The number of aryl methyl sites for hydroxylation is 2. The fraction of sp³-hybridized carbons (Fsp3) is 0.292. The maximum Gasteiger partial charge on any atom is 0.270 e. The van der Waals surface area contributed by atoms with Crippen molar-refractivity contribution in [2.24, 2.45) is 0 Å². The molecule has 160 valence electrons. The summed E-state index contributed by atoms with van der Waals surface area (Å²) in [5, 5.41) is 18.9. The zero-order valence-corrected chi connectivity index (χ0v) is 17.8. The highest BCUT2D eigenvalue weighted by Crippen LogP contribution is 2.33. The topological polar surface area (TPSA) is 80.1 Å². The number of non-ortho nitro benzene ring substituents is 1. The first kappa shape index (κ1) is 20.9. The Labute approximate surface area is 180 Å². The molecule has 2 heterocycles. The number of nitro benzene ring substituents is 1. The molecule has 6 nitrogen and oxygen atoms in total. The molecule has 3 aromatic rings. The van der Waals surface area contributed by atoms with E-state index in [9.17, 15) is 14.5 Å². The monoisotopic (exact) mass is 420 g/mol. The Morgan fingerprint density at radius 2 is 2.03 bits per heavy atom. The molecule has 1 atom stereocenters. The summed E-state index contributed by atoms with van der Waals surface area (Å²) < 4.78 is 14.8. The molecular weight excluding hydrogens is 395 g/mol. The second kappa shape index (κ2) is 8.43. The molecule has 0 amide bonds. The lowest BCUT2D eigenvalue weighted by atomic mass is 9.97. The minimum atomic E-state index is -0.492. The number of hydrogen-bond donors (Lipinski definition) is 2. The molecule has 0 aliphatic carbocycles. The van der Waals surface area contributed by atoms with Crippen molar-refractivity contribution in [3.05, 3.63) is 80.8 Å². The average molecular weight is 420 g/mol. The van der Waals surface area contributed by atoms with E-state index >= 15 is 0 Å². The highest BCUT2D eigenvalue weighted by atomic mass is 19.1. The van der Waals surface area contributed by atoms with Crippen LogP contribution in [0.25, 0.3) is 16.5 Å². The van der Waals surface area contributed by atoms with Gasteiger partial charge in [0.1, 0.15) is 5.82 Å². The lowest BCUT2D eigenvalue weighted by Gasteiger charge is -2.20. The van der Waals surface area contributed by atoms with Crippen molar-refractivity contribution in [2.45, 2.75) is 33.2 Å². The van der Waals surface area contributed by atoms with Gasteiger partial charge in [-0.05, 0) is 68.6 Å². The minimum absolute atomic E-state index is 0.113. The first-order valence-corrected chi connectivity index (χ1v) is 10.4. The van der Waals surface area contributed by atoms with Gasteiger partial charge in [0.2, 0.25) is 0 Å². The summed E-state index contributed by atoms with van der Waals surface area (Å²) in [5.74, 6) is -0.429. The smallest absolute Gasteiger partial charge is 0.270 e. The van der Waals surface area contributed by atoms with E-state index in [2.05, 4.69) is 33.8 Å². The molecule has 31 heavy (non-hydrogen) atoms. The molecule has 4 rings (SSSR count). The third kappa shape index (κ3) is 4.27. The molecule has 1 aliphatic rings. The van der Waals surface area contributed by atoms with E-state index in [1.807, 2.05) is 26.0 Å². The summed E-state index contributed by atoms with van der Waals surface area (Å²) in [5.41, 5.74) is 5.37. The lowest BCUT2D eigenvalue weighted by Crippen LogP contribution is -2.20. The van der Waals surface area contributed by atoms with Crippen molar-refractivity contribution in [3.8, 4) is 0 Å². The van der Waals surface area contributed by atoms with Gasteiger partial charge in [0.15, 0.2) is 0 Å². The molecule has 0 spiro atoms. The highest BCUT2D eigenvalue weighted by molar-refractivity contribution is 5.94. The highest BCUT2D eigenvalue weighted by Gasteiger charge is 2.20. The zero-order valence-electron chi connectivity index (χ0n) is 17.8. The van der Waals surface area contributed by atoms with Gasteiger partial charge in [-0.2, -0.15) is 0 Å². The van der Waals surface area contributed by atoms with E-state index in [-0.39, 0.29) is 16.8 Å². The van der Waals surface area contributed by atoms with Gasteiger partial charge < -0.3 is 10.6 Å². The Bertz CT molecular complexity index is 1210. The average Bonchev–Trinajstić information content (AvgIpc) is 2.75. The van der Waals surface area contributed by atoms with Crippen LogP contribution >= 0.6 is 0 Å². The fourth-order valence-electron chi connectivity index (χ4n) is 4.07. The van der Waals surface area contributed by atoms with E-state index in [1.54, 1.807) is 6.92 Å². The number of nitrogens with one attached hydrogen (secondary N) is 2. The molecule has 0 bridgehead atoms. The molecule has 2 N–H and O–H groups in total. The van der Waals surface area contributed by atoms with Gasteiger partial charge in [0, 0.05) is 41.0 Å². The predicted molar refractivity (Wildman–Crippen MR) is 122 cm³/mol. The van der Waals surface area contributed by atoms with Crippen molar-refractivity contribution in [3.63, 3.8) is 0 Å². The first-order chi connectivity index (χ1) is 14.8. The number of halogens is 1. The quantitative estimate of drug-likeness (QED) is 0.424. The lowest BCUT2D eigenvalue weighted by molar-refractivity contribution is -0.385. The van der Waals surface area contributed by atoms with E-state index in [4.69, 9.17) is 0 Å². The van der Waals surface area contributed by atoms with Gasteiger partial charge in [-0.1, -0.05) is 12.1 Å². The Hall–Kier alpha value is -3.32. The molecule has 0 saturated heterocycles. The molecule has 1 aliphatic heterocycles. The molecule has 0 fully saturated rings. The van der Waals surface area contributed by atoms with E-state index < -0.39 is 16.8 Å². The van der Waals surface area contributed by atoms with Gasteiger partial charge in [0.25, 0.3) is 5.69 Å². The van der Waals surface area contributed by atoms with Crippen LogP contribution < -0.4 is 10.6 Å². The van der Waals surface area contributed by atoms with Gasteiger partial charge in [-0.3, -0.25) is 15.1 Å². The van der Waals surface area contributed by atoms with E-state index in [0.29, 0.717) is 0 Å². The second-order valence-corrected chi connectivity index (χ2v) is 8.02. The summed E-state index contributed by atoms with van der Waals surface area (Å²) in [4.78, 5) is 15.4. The first-order valence-electron chi connectivity index (χ1n) is 10.4. The third-order valence-corrected chi connectivity index (χ3v) is 5.69. The maximum absolute atomic E-state index is 14.8. The number of fused-ring (bicyclic) bond motifs is 1. The SMILES string of the molecule is Cc1cc(N[C@H](C)c2cc([N+](=O)[O-])cc(C)c2F)c2cc(C3=CCNCC3)ccc2n1. The van der Waals surface area contributed by atoms with E-state index in [1.165, 1.54) is 17.7 Å². The number of rotatable bonds is 5. The van der Waals surface area contributed by atoms with Crippen molar-refractivity contribution in [1.82, 2.24) is 10.3 Å². The van der Waals surface area contributed by atoms with Crippen molar-refractivity contribution in [2.75, 3.05) is 18.4 Å². The van der Waals surface area contributed by atoms with Crippen LogP contribution in [0.3, 0.4) is 0 Å². The Morgan fingerprint density at radius 3 is 2.74 bits per heavy atom. The maximum atomic E-state index is 14.8. The number of aromatic nitrogens is 1. The number of nitro groups is 1. The molecule has 7 heteroatoms. The second-order valence-electron chi connectivity index (χ2n) is 8.02. The number of pyridine rings is 1. The predicted octanol–water partition coefficient (Wildman–Crippen LogP) is 5.45. The van der Waals surface area contributed by atoms with Gasteiger partial charge >= 0.3 is 0 Å². The summed E-state index contributed by atoms with van der Waals surface area (Å²) in [7, 11) is 0. The van der Waals surface area contributed by atoms with Gasteiger partial charge in [0.05, 0.1) is 16.5 Å². The van der Waals surface area contributed by atoms with Crippen LogP contribution in [0.2, 0.25) is 0 Å². The van der Waals surface area contributed by atoms with Crippen molar-refractivity contribution >= 4 is 27.9 Å². The molecular formula is C24H25FN4O2. The van der Waals surface area contributed by atoms with Gasteiger partial charge in [-0.25, -0.2) is 4.39 Å². The Balaban J connectivity index is 1.75. The molecule has 0 radical (unpaired) electrons. The summed E-state index contributed by atoms with van der Waals surface area (Å²) in [6.45, 7) is 7.07. The van der Waals surface area contributed by atoms with Gasteiger partial charge in [-0.15, -0.1) is 0 Å².